The van der Waals surface area contributed by atoms with Crippen LogP contribution in [0, 0.1) is 0 Å². The van der Waals surface area contributed by atoms with Gasteiger partial charge in [0.25, 0.3) is 0 Å². The molecule has 1 atom stereocenters. The van der Waals surface area contributed by atoms with Gasteiger partial charge in [-0.3, -0.25) is 0 Å². The maximum Gasteiger partial charge on any atom is 0.163 e. The van der Waals surface area contributed by atoms with E-state index in [9.17, 15) is 15.3 Å². The van der Waals surface area contributed by atoms with Gasteiger partial charge in [-0.25, -0.2) is 0 Å². The molecule has 1 aromatic carbocycles. The maximum absolute atomic E-state index is 10.0. The normalized spacial score (nSPS) is 13.2. The first-order chi connectivity index (χ1) is 8.91. The number of aliphatic hydroxyl groups is 1. The van der Waals surface area contributed by atoms with E-state index in [1.54, 1.807) is 18.2 Å². The first kappa shape index (κ1) is 15.3. The van der Waals surface area contributed by atoms with Crippen LogP contribution in [0.5, 0.6) is 11.5 Å². The van der Waals surface area contributed by atoms with Crippen LogP contribution < -0.4 is 0 Å². The van der Waals surface area contributed by atoms with Crippen LogP contribution >= 0.6 is 0 Å². The lowest BCUT2D eigenvalue weighted by molar-refractivity contribution is 0.221. The summed E-state index contributed by atoms with van der Waals surface area (Å²) in [5.74, 6) is -0.476. The predicted octanol–water partition coefficient (Wildman–Crippen LogP) is 3.82. The molecule has 0 aliphatic rings. The quantitative estimate of drug-likeness (QED) is 0.558. The highest BCUT2D eigenvalue weighted by Crippen LogP contribution is 2.33. The molecular formula is C16H22O3. The summed E-state index contributed by atoms with van der Waals surface area (Å²) in [5, 5.41) is 29.1. The van der Waals surface area contributed by atoms with Gasteiger partial charge in [-0.05, 0) is 39.7 Å². The Labute approximate surface area is 114 Å². The number of aromatic hydroxyl groups is 2. The first-order valence-corrected chi connectivity index (χ1v) is 6.41. The predicted molar refractivity (Wildman–Crippen MR) is 77.2 cm³/mol. The lowest BCUT2D eigenvalue weighted by atomic mass is 10.0. The average Bonchev–Trinajstić information content (AvgIpc) is 2.31. The first-order valence-electron chi connectivity index (χ1n) is 6.41. The van der Waals surface area contributed by atoms with E-state index >= 15 is 0 Å². The van der Waals surface area contributed by atoms with Crippen molar-refractivity contribution in [1.82, 2.24) is 0 Å². The Morgan fingerprint density at radius 2 is 1.89 bits per heavy atom. The zero-order valence-corrected chi connectivity index (χ0v) is 11.7. The Bertz CT molecular complexity index is 483. The molecule has 3 nitrogen and oxygen atoms in total. The van der Waals surface area contributed by atoms with E-state index in [4.69, 9.17) is 0 Å². The highest BCUT2D eigenvalue weighted by Gasteiger charge is 2.12. The summed E-state index contributed by atoms with van der Waals surface area (Å²) in [7, 11) is 0. The molecule has 0 saturated heterocycles. The maximum atomic E-state index is 10.0. The Balaban J connectivity index is 2.75. The molecular weight excluding hydrogens is 240 g/mol. The van der Waals surface area contributed by atoms with Gasteiger partial charge < -0.3 is 15.3 Å². The van der Waals surface area contributed by atoms with Crippen LogP contribution in [0.15, 0.2) is 41.5 Å². The number of hydrogen-bond donors (Lipinski definition) is 3. The minimum absolute atomic E-state index is 0.216. The van der Waals surface area contributed by atoms with Gasteiger partial charge in [0.2, 0.25) is 0 Å². The topological polar surface area (TPSA) is 60.7 Å². The monoisotopic (exact) mass is 262 g/mol. The van der Waals surface area contributed by atoms with E-state index in [-0.39, 0.29) is 11.5 Å². The lowest BCUT2D eigenvalue weighted by Gasteiger charge is -2.11. The minimum Gasteiger partial charge on any atom is -0.504 e. The third-order valence-electron chi connectivity index (χ3n) is 2.90. The van der Waals surface area contributed by atoms with Gasteiger partial charge in [0, 0.05) is 5.56 Å². The van der Waals surface area contributed by atoms with Gasteiger partial charge >= 0.3 is 0 Å². The average molecular weight is 262 g/mol. The largest absolute Gasteiger partial charge is 0.504 e. The molecule has 1 aromatic rings. The molecule has 104 valence electrons. The second-order valence-corrected chi connectivity index (χ2v) is 4.99. The zero-order chi connectivity index (χ0) is 14.4. The molecule has 0 aromatic heterocycles. The summed E-state index contributed by atoms with van der Waals surface area (Å²) < 4.78 is 0. The summed E-state index contributed by atoms with van der Waals surface area (Å²) in [5.41, 5.74) is 2.65. The van der Waals surface area contributed by atoms with Crippen molar-refractivity contribution in [3.8, 4) is 11.5 Å². The van der Waals surface area contributed by atoms with Crippen LogP contribution in [0.4, 0.5) is 0 Å². The van der Waals surface area contributed by atoms with Gasteiger partial charge in [0.15, 0.2) is 11.5 Å². The molecule has 1 rings (SSSR count). The summed E-state index contributed by atoms with van der Waals surface area (Å²) >= 11 is 0. The van der Waals surface area contributed by atoms with Crippen molar-refractivity contribution in [2.24, 2.45) is 0 Å². The molecule has 0 aliphatic carbocycles. The molecule has 0 radical (unpaired) electrons. The van der Waals surface area contributed by atoms with Crippen molar-refractivity contribution in [3.63, 3.8) is 0 Å². The van der Waals surface area contributed by atoms with Crippen molar-refractivity contribution in [1.29, 1.82) is 0 Å². The molecule has 0 spiro atoms. The fourth-order valence-corrected chi connectivity index (χ4v) is 1.82. The van der Waals surface area contributed by atoms with Gasteiger partial charge in [0.05, 0.1) is 0 Å². The Hall–Kier alpha value is -1.74. The van der Waals surface area contributed by atoms with Crippen molar-refractivity contribution >= 4 is 0 Å². The number of phenolic OH excluding ortho intramolecular Hbond substituents is 2. The second kappa shape index (κ2) is 7.00. The number of hydrogen-bond acceptors (Lipinski definition) is 3. The Morgan fingerprint density at radius 3 is 2.53 bits per heavy atom. The van der Waals surface area contributed by atoms with Crippen molar-refractivity contribution in [2.75, 3.05) is 0 Å². The van der Waals surface area contributed by atoms with Crippen molar-refractivity contribution in [2.45, 2.75) is 39.7 Å². The van der Waals surface area contributed by atoms with E-state index in [1.807, 2.05) is 6.92 Å². The van der Waals surface area contributed by atoms with E-state index in [2.05, 4.69) is 19.9 Å². The smallest absolute Gasteiger partial charge is 0.163 e. The fraction of sp³-hybridized carbons (Fsp3) is 0.375. The van der Waals surface area contributed by atoms with Gasteiger partial charge in [-0.2, -0.15) is 0 Å². The van der Waals surface area contributed by atoms with E-state index in [0.717, 1.165) is 18.4 Å². The van der Waals surface area contributed by atoms with Gasteiger partial charge in [0.1, 0.15) is 6.10 Å². The molecule has 0 bridgehead atoms. The zero-order valence-electron chi connectivity index (χ0n) is 11.7. The molecule has 0 saturated carbocycles. The van der Waals surface area contributed by atoms with Crippen LogP contribution in [-0.4, -0.2) is 15.3 Å². The number of aliphatic hydroxyl groups excluding tert-OH is 1. The third kappa shape index (κ3) is 4.79. The molecule has 0 heterocycles. The fourth-order valence-electron chi connectivity index (χ4n) is 1.82. The molecule has 3 N–H and O–H groups in total. The standard InChI is InChI=1S/C16H22O3/c1-11(2)6-4-7-12(3)10-15(18)13-8-5-9-14(17)16(13)19/h5-6,8-10,15,17-19H,4,7H2,1-3H3/b12-10+. The van der Waals surface area contributed by atoms with Crippen LogP contribution in [0.3, 0.4) is 0 Å². The van der Waals surface area contributed by atoms with E-state index < -0.39 is 6.10 Å². The molecule has 0 amide bonds. The highest BCUT2D eigenvalue weighted by atomic mass is 16.3. The SMILES string of the molecule is CC(C)=CCC/C(C)=C/C(O)c1cccc(O)c1O. The third-order valence-corrected chi connectivity index (χ3v) is 2.90. The summed E-state index contributed by atoms with van der Waals surface area (Å²) in [4.78, 5) is 0. The summed E-state index contributed by atoms with van der Waals surface area (Å²) in [6, 6.07) is 4.58. The molecule has 0 fully saturated rings. The van der Waals surface area contributed by atoms with E-state index in [1.165, 1.54) is 11.6 Å². The number of para-hydroxylation sites is 1. The van der Waals surface area contributed by atoms with Crippen LogP contribution in [0.25, 0.3) is 0 Å². The number of rotatable bonds is 5. The summed E-state index contributed by atoms with van der Waals surface area (Å²) in [6.45, 7) is 6.05. The van der Waals surface area contributed by atoms with Crippen LogP contribution in [0.2, 0.25) is 0 Å². The molecule has 19 heavy (non-hydrogen) atoms. The lowest BCUT2D eigenvalue weighted by Crippen LogP contribution is -1.95. The van der Waals surface area contributed by atoms with Crippen LogP contribution in [0.1, 0.15) is 45.3 Å². The number of allylic oxidation sites excluding steroid dienone is 3. The minimum atomic E-state index is -0.904. The van der Waals surface area contributed by atoms with Gasteiger partial charge in [-0.1, -0.05) is 35.4 Å². The highest BCUT2D eigenvalue weighted by molar-refractivity contribution is 5.46. The summed E-state index contributed by atoms with van der Waals surface area (Å²) in [6.07, 6.45) is 4.74. The Kier molecular flexibility index (Phi) is 5.64. The van der Waals surface area contributed by atoms with Crippen LogP contribution in [-0.2, 0) is 0 Å². The second-order valence-electron chi connectivity index (χ2n) is 4.99. The van der Waals surface area contributed by atoms with Crippen molar-refractivity contribution < 1.29 is 15.3 Å². The molecule has 1 unspecified atom stereocenters. The molecule has 3 heteroatoms. The number of phenols is 2. The molecule has 0 aliphatic heterocycles. The van der Waals surface area contributed by atoms with Gasteiger partial charge in [-0.15, -0.1) is 0 Å². The number of benzene rings is 1. The van der Waals surface area contributed by atoms with Crippen molar-refractivity contribution in [3.05, 3.63) is 47.1 Å². The Morgan fingerprint density at radius 1 is 1.21 bits per heavy atom. The van der Waals surface area contributed by atoms with E-state index in [0.29, 0.717) is 5.56 Å².